The Morgan fingerprint density at radius 3 is 2.38 bits per heavy atom. The van der Waals surface area contributed by atoms with E-state index in [2.05, 4.69) is 15.5 Å². The van der Waals surface area contributed by atoms with Gasteiger partial charge in [-0.3, -0.25) is 5.10 Å². The Bertz CT molecular complexity index is 1460. The predicted octanol–water partition coefficient (Wildman–Crippen LogP) is 7.91. The van der Waals surface area contributed by atoms with Gasteiger partial charge in [0.15, 0.2) is 11.6 Å². The second-order valence-corrected chi connectivity index (χ2v) is 7.99. The topological polar surface area (TPSA) is 53.9 Å². The minimum Gasteiger partial charge on any atom is -0.459 e. The maximum absolute atomic E-state index is 14.9. The first-order valence-corrected chi connectivity index (χ1v) is 10.6. The number of benzene rings is 3. The number of anilines is 1. The zero-order valence-electron chi connectivity index (χ0n) is 17.4. The molecule has 0 amide bonds. The summed E-state index contributed by atoms with van der Waals surface area (Å²) in [6.45, 7) is 0.228. The molecule has 5 aromatic rings. The predicted molar refractivity (Wildman–Crippen MR) is 123 cm³/mol. The summed E-state index contributed by atoms with van der Waals surface area (Å²) in [5.41, 5.74) is 1.29. The van der Waals surface area contributed by atoms with Crippen LogP contribution in [0.1, 0.15) is 11.3 Å². The Morgan fingerprint density at radius 1 is 0.941 bits per heavy atom. The van der Waals surface area contributed by atoms with E-state index in [4.69, 9.17) is 16.0 Å². The number of nitrogens with one attached hydrogen (secondary N) is 2. The first kappa shape index (κ1) is 22.0. The van der Waals surface area contributed by atoms with Crippen LogP contribution in [0.4, 0.5) is 23.4 Å². The molecule has 0 atom stereocenters. The first-order chi connectivity index (χ1) is 16.3. The molecule has 0 saturated carbocycles. The molecule has 172 valence electrons. The van der Waals surface area contributed by atoms with Crippen molar-refractivity contribution in [2.45, 2.75) is 12.7 Å². The van der Waals surface area contributed by atoms with E-state index in [0.717, 1.165) is 17.7 Å². The Labute approximate surface area is 196 Å². The zero-order chi connectivity index (χ0) is 23.9. The van der Waals surface area contributed by atoms with E-state index >= 15 is 0 Å². The van der Waals surface area contributed by atoms with Crippen LogP contribution in [0.15, 0.2) is 77.2 Å². The van der Waals surface area contributed by atoms with Crippen molar-refractivity contribution in [3.63, 3.8) is 0 Å². The van der Waals surface area contributed by atoms with E-state index in [1.807, 2.05) is 30.3 Å². The van der Waals surface area contributed by atoms with Crippen molar-refractivity contribution in [1.82, 2.24) is 10.2 Å². The molecular formula is C25H16ClF4N3O. The highest BCUT2D eigenvalue weighted by Crippen LogP contribution is 2.37. The van der Waals surface area contributed by atoms with Gasteiger partial charge < -0.3 is 9.73 Å². The van der Waals surface area contributed by atoms with E-state index in [-0.39, 0.29) is 17.1 Å². The number of furan rings is 1. The molecule has 0 bridgehead atoms. The second kappa shape index (κ2) is 8.53. The number of hydrogen-bond acceptors (Lipinski definition) is 3. The minimum absolute atomic E-state index is 0.00104. The summed E-state index contributed by atoms with van der Waals surface area (Å²) in [5.74, 6) is 0.779. The molecule has 5 rings (SSSR count). The van der Waals surface area contributed by atoms with E-state index in [1.165, 1.54) is 12.1 Å². The Hall–Kier alpha value is -3.78. The lowest BCUT2D eigenvalue weighted by Gasteiger charge is -2.08. The van der Waals surface area contributed by atoms with Crippen LogP contribution in [0.5, 0.6) is 0 Å². The third kappa shape index (κ3) is 4.12. The number of aromatic nitrogens is 2. The van der Waals surface area contributed by atoms with Crippen molar-refractivity contribution in [2.24, 2.45) is 0 Å². The fourth-order valence-electron chi connectivity index (χ4n) is 3.68. The van der Waals surface area contributed by atoms with Gasteiger partial charge in [-0.1, -0.05) is 54.1 Å². The van der Waals surface area contributed by atoms with E-state index in [9.17, 15) is 17.6 Å². The lowest BCUT2D eigenvalue weighted by Crippen LogP contribution is -2.03. The average molecular weight is 486 g/mol. The molecule has 2 N–H and O–H groups in total. The molecule has 0 aliphatic carbocycles. The summed E-state index contributed by atoms with van der Waals surface area (Å²) >= 11 is 6.26. The van der Waals surface area contributed by atoms with Gasteiger partial charge in [0.1, 0.15) is 17.0 Å². The molecular weight excluding hydrogens is 470 g/mol. The molecule has 0 aliphatic heterocycles. The molecule has 34 heavy (non-hydrogen) atoms. The van der Waals surface area contributed by atoms with Crippen LogP contribution in [-0.2, 0) is 12.7 Å². The summed E-state index contributed by atoms with van der Waals surface area (Å²) in [5, 5.41) is 10.5. The standard InChI is InChI=1S/C25H16ClF4N3O/c26-21-18(14-4-2-1-3-5-14)12-19-23(22(21)27)32-33-24(19)31-13-17-10-11-20(34-17)15-6-8-16(9-7-15)25(28,29)30/h1-12H,13H2,(H2,31,32,33). The monoisotopic (exact) mass is 485 g/mol. The smallest absolute Gasteiger partial charge is 0.416 e. The number of nitrogens with zero attached hydrogens (tertiary/aromatic N) is 1. The van der Waals surface area contributed by atoms with Gasteiger partial charge in [-0.15, -0.1) is 0 Å². The van der Waals surface area contributed by atoms with Gasteiger partial charge in [-0.25, -0.2) is 4.39 Å². The number of rotatable bonds is 5. The van der Waals surface area contributed by atoms with Crippen molar-refractivity contribution < 1.29 is 22.0 Å². The third-order valence-corrected chi connectivity index (χ3v) is 5.78. The van der Waals surface area contributed by atoms with Crippen LogP contribution >= 0.6 is 11.6 Å². The fourth-order valence-corrected chi connectivity index (χ4v) is 3.94. The van der Waals surface area contributed by atoms with Crippen LogP contribution in [0.25, 0.3) is 33.4 Å². The Balaban J connectivity index is 1.38. The molecule has 3 aromatic carbocycles. The molecule has 0 radical (unpaired) electrons. The van der Waals surface area contributed by atoms with Crippen molar-refractivity contribution >= 4 is 28.3 Å². The highest BCUT2D eigenvalue weighted by atomic mass is 35.5. The molecule has 2 heterocycles. The zero-order valence-corrected chi connectivity index (χ0v) is 18.1. The van der Waals surface area contributed by atoms with Gasteiger partial charge in [0.25, 0.3) is 0 Å². The molecule has 0 unspecified atom stereocenters. The summed E-state index contributed by atoms with van der Waals surface area (Å²) in [4.78, 5) is 0. The van der Waals surface area contributed by atoms with Crippen LogP contribution in [-0.4, -0.2) is 10.2 Å². The van der Waals surface area contributed by atoms with Crippen molar-refractivity contribution in [3.8, 4) is 22.5 Å². The van der Waals surface area contributed by atoms with E-state index < -0.39 is 17.6 Å². The van der Waals surface area contributed by atoms with E-state index in [1.54, 1.807) is 18.2 Å². The fraction of sp³-hybridized carbons (Fsp3) is 0.0800. The van der Waals surface area contributed by atoms with Gasteiger partial charge in [0.2, 0.25) is 0 Å². The Morgan fingerprint density at radius 2 is 1.68 bits per heavy atom. The van der Waals surface area contributed by atoms with Crippen LogP contribution in [0.2, 0.25) is 5.02 Å². The lowest BCUT2D eigenvalue weighted by molar-refractivity contribution is -0.137. The van der Waals surface area contributed by atoms with Crippen LogP contribution in [0.3, 0.4) is 0 Å². The van der Waals surface area contributed by atoms with Crippen LogP contribution in [0, 0.1) is 5.82 Å². The number of hydrogen-bond donors (Lipinski definition) is 2. The number of aromatic amines is 1. The number of fused-ring (bicyclic) bond motifs is 1. The van der Waals surface area contributed by atoms with Crippen molar-refractivity contribution in [3.05, 3.63) is 95.0 Å². The molecule has 0 fully saturated rings. The molecule has 0 saturated heterocycles. The summed E-state index contributed by atoms with van der Waals surface area (Å²) < 4.78 is 59.0. The Kier molecular flexibility index (Phi) is 5.53. The summed E-state index contributed by atoms with van der Waals surface area (Å²) in [7, 11) is 0. The maximum atomic E-state index is 14.9. The summed E-state index contributed by atoms with van der Waals surface area (Å²) in [6, 6.07) is 19.1. The number of alkyl halides is 3. The molecule has 0 aliphatic rings. The van der Waals surface area contributed by atoms with Crippen molar-refractivity contribution in [2.75, 3.05) is 5.32 Å². The highest BCUT2D eigenvalue weighted by molar-refractivity contribution is 6.34. The SMILES string of the molecule is Fc1c(Cl)c(-c2ccccc2)cc2c(NCc3ccc(-c4ccc(C(F)(F)F)cc4)o3)n[nH]c12. The number of halogens is 5. The molecule has 2 aromatic heterocycles. The maximum Gasteiger partial charge on any atom is 0.416 e. The second-order valence-electron chi connectivity index (χ2n) is 7.61. The number of H-pyrrole nitrogens is 1. The molecule has 9 heteroatoms. The van der Waals surface area contributed by atoms with Gasteiger partial charge in [0, 0.05) is 16.5 Å². The first-order valence-electron chi connectivity index (χ1n) is 10.2. The molecule has 0 spiro atoms. The van der Waals surface area contributed by atoms with Gasteiger partial charge in [-0.05, 0) is 35.9 Å². The largest absolute Gasteiger partial charge is 0.459 e. The third-order valence-electron chi connectivity index (χ3n) is 5.41. The minimum atomic E-state index is -4.40. The van der Waals surface area contributed by atoms with E-state index in [0.29, 0.717) is 33.9 Å². The van der Waals surface area contributed by atoms with Gasteiger partial charge >= 0.3 is 6.18 Å². The van der Waals surface area contributed by atoms with Crippen LogP contribution < -0.4 is 5.32 Å². The van der Waals surface area contributed by atoms with Crippen molar-refractivity contribution in [1.29, 1.82) is 0 Å². The average Bonchev–Trinajstić information content (AvgIpc) is 3.47. The van der Waals surface area contributed by atoms with Gasteiger partial charge in [0.05, 0.1) is 17.1 Å². The normalized spacial score (nSPS) is 11.8. The quantitative estimate of drug-likeness (QED) is 0.249. The highest BCUT2D eigenvalue weighted by Gasteiger charge is 2.30. The summed E-state index contributed by atoms with van der Waals surface area (Å²) in [6.07, 6.45) is -4.40. The van der Waals surface area contributed by atoms with Gasteiger partial charge in [-0.2, -0.15) is 18.3 Å². The molecule has 4 nitrogen and oxygen atoms in total. The lowest BCUT2D eigenvalue weighted by atomic mass is 10.0.